The molecule has 0 saturated heterocycles. The lowest BCUT2D eigenvalue weighted by Gasteiger charge is -2.24. The van der Waals surface area contributed by atoms with Gasteiger partial charge in [0.05, 0.1) is 13.2 Å². The number of aromatic hydroxyl groups is 2. The molecule has 0 unspecified atom stereocenters. The summed E-state index contributed by atoms with van der Waals surface area (Å²) in [6.07, 6.45) is 0.602. The molecule has 0 atom stereocenters. The van der Waals surface area contributed by atoms with E-state index in [0.29, 0.717) is 31.1 Å². The number of hydrogen-bond donors (Lipinski definition) is 2. The Hall–Kier alpha value is -7.56. The van der Waals surface area contributed by atoms with Gasteiger partial charge in [-0.15, -0.1) is 0 Å². The van der Waals surface area contributed by atoms with Gasteiger partial charge in [0.2, 0.25) is 0 Å². The second-order valence-electron chi connectivity index (χ2n) is 19.8. The molecule has 2 N–H and O–H groups in total. The zero-order chi connectivity index (χ0) is 46.5. The van der Waals surface area contributed by atoms with Crippen molar-refractivity contribution in [1.82, 2.24) is 0 Å². The van der Waals surface area contributed by atoms with Gasteiger partial charge < -0.3 is 19.7 Å². The fourth-order valence-electron chi connectivity index (χ4n) is 9.59. The van der Waals surface area contributed by atoms with Crippen molar-refractivity contribution in [3.8, 4) is 67.5 Å². The van der Waals surface area contributed by atoms with Crippen molar-refractivity contribution in [1.29, 1.82) is 0 Å². The number of hydrogen-bond acceptors (Lipinski definition) is 4. The first-order valence-electron chi connectivity index (χ1n) is 23.4. The lowest BCUT2D eigenvalue weighted by molar-refractivity contribution is 0.248. The highest BCUT2D eigenvalue weighted by Gasteiger charge is 2.26. The van der Waals surface area contributed by atoms with Crippen molar-refractivity contribution in [2.75, 3.05) is 13.2 Å². The number of fused-ring (bicyclic) bond motifs is 4. The predicted molar refractivity (Wildman–Crippen MR) is 281 cm³/mol. The topological polar surface area (TPSA) is 58.9 Å². The van der Waals surface area contributed by atoms with Crippen LogP contribution in [0.5, 0.6) is 23.0 Å². The summed E-state index contributed by atoms with van der Waals surface area (Å²) < 4.78 is 13.2. The first-order chi connectivity index (χ1) is 32.3. The number of phenolic OH excluding ortho intramolecular Hbond substituents is 2. The zero-order valence-electron chi connectivity index (χ0n) is 39.2. The molecular weight excluding hydrogens is 821 g/mol. The van der Waals surface area contributed by atoms with Gasteiger partial charge in [0, 0.05) is 50.9 Å². The molecule has 0 aliphatic carbocycles. The molecule has 0 aliphatic heterocycles. The van der Waals surface area contributed by atoms with Gasteiger partial charge in [-0.3, -0.25) is 0 Å². The van der Waals surface area contributed by atoms with Crippen LogP contribution in [0.4, 0.5) is 0 Å². The SMILES string of the molecule is CC(C)(C)c1cc(-c2ccccc2OCCCOc2ccccc2-c2cc(C(C)(C)C)cc(-c3c4ccccc4cc4ccccc34)c2O)c(O)c(-c2c3ccccc3cc3ccccc23)c1. The van der Waals surface area contributed by atoms with Crippen LogP contribution in [0.2, 0.25) is 0 Å². The second-order valence-corrected chi connectivity index (χ2v) is 19.8. The van der Waals surface area contributed by atoms with Crippen LogP contribution in [0.25, 0.3) is 87.6 Å². The van der Waals surface area contributed by atoms with Crippen LogP contribution < -0.4 is 9.47 Å². The van der Waals surface area contributed by atoms with E-state index in [4.69, 9.17) is 9.47 Å². The molecule has 332 valence electrons. The Balaban J connectivity index is 0.956. The Morgan fingerprint density at radius 1 is 0.343 bits per heavy atom. The summed E-state index contributed by atoms with van der Waals surface area (Å²) >= 11 is 0. The number of ether oxygens (including phenoxy) is 2. The van der Waals surface area contributed by atoms with Crippen molar-refractivity contribution in [3.05, 3.63) is 193 Å². The van der Waals surface area contributed by atoms with Gasteiger partial charge in [-0.2, -0.15) is 0 Å². The molecule has 0 saturated carbocycles. The van der Waals surface area contributed by atoms with Crippen molar-refractivity contribution in [3.63, 3.8) is 0 Å². The maximum absolute atomic E-state index is 12.4. The molecule has 0 radical (unpaired) electrons. The molecule has 0 bridgehead atoms. The summed E-state index contributed by atoms with van der Waals surface area (Å²) in [6, 6.07) is 62.6. The summed E-state index contributed by atoms with van der Waals surface area (Å²) in [6.45, 7) is 14.1. The van der Waals surface area contributed by atoms with Crippen LogP contribution in [0.1, 0.15) is 59.1 Å². The van der Waals surface area contributed by atoms with Gasteiger partial charge in [0.1, 0.15) is 23.0 Å². The second kappa shape index (κ2) is 17.3. The van der Waals surface area contributed by atoms with Gasteiger partial charge in [-0.05, 0) is 114 Å². The lowest BCUT2D eigenvalue weighted by atomic mass is 9.81. The van der Waals surface area contributed by atoms with Crippen LogP contribution in [0.15, 0.2) is 182 Å². The number of benzene rings is 10. The van der Waals surface area contributed by atoms with E-state index >= 15 is 0 Å². The monoisotopic (exact) mass is 876 g/mol. The summed E-state index contributed by atoms with van der Waals surface area (Å²) in [5.41, 5.74) is 8.59. The minimum atomic E-state index is -0.197. The number of para-hydroxylation sites is 2. The highest BCUT2D eigenvalue weighted by atomic mass is 16.5. The minimum Gasteiger partial charge on any atom is -0.507 e. The van der Waals surface area contributed by atoms with E-state index < -0.39 is 0 Å². The zero-order valence-corrected chi connectivity index (χ0v) is 39.2. The normalized spacial score (nSPS) is 12.0. The Kier molecular flexibility index (Phi) is 11.2. The molecule has 4 nitrogen and oxygen atoms in total. The maximum Gasteiger partial charge on any atom is 0.131 e. The van der Waals surface area contributed by atoms with Gasteiger partial charge in [0.15, 0.2) is 0 Å². The summed E-state index contributed by atoms with van der Waals surface area (Å²) in [5, 5.41) is 33.8. The molecule has 67 heavy (non-hydrogen) atoms. The van der Waals surface area contributed by atoms with E-state index in [0.717, 1.165) is 98.7 Å². The summed E-state index contributed by atoms with van der Waals surface area (Å²) in [4.78, 5) is 0. The van der Waals surface area contributed by atoms with E-state index in [1.54, 1.807) is 0 Å². The van der Waals surface area contributed by atoms with E-state index in [1.165, 1.54) is 0 Å². The molecule has 0 spiro atoms. The third-order valence-corrected chi connectivity index (χ3v) is 13.2. The number of phenols is 2. The summed E-state index contributed by atoms with van der Waals surface area (Å²) in [5.74, 6) is 1.83. The van der Waals surface area contributed by atoms with Crippen molar-refractivity contribution < 1.29 is 19.7 Å². The molecule has 0 fully saturated rings. The van der Waals surface area contributed by atoms with E-state index in [-0.39, 0.29) is 22.3 Å². The van der Waals surface area contributed by atoms with Crippen LogP contribution in [0.3, 0.4) is 0 Å². The van der Waals surface area contributed by atoms with Gasteiger partial charge in [-0.1, -0.05) is 175 Å². The minimum absolute atomic E-state index is 0.197. The van der Waals surface area contributed by atoms with Crippen LogP contribution in [0, 0.1) is 0 Å². The van der Waals surface area contributed by atoms with E-state index in [9.17, 15) is 10.2 Å². The van der Waals surface area contributed by atoms with Crippen molar-refractivity contribution >= 4 is 43.1 Å². The molecule has 10 aromatic rings. The molecule has 0 heterocycles. The summed E-state index contributed by atoms with van der Waals surface area (Å²) in [7, 11) is 0. The largest absolute Gasteiger partial charge is 0.507 e. The molecule has 0 aromatic heterocycles. The molecular formula is C63H56O4. The van der Waals surface area contributed by atoms with E-state index in [1.807, 2.05) is 48.5 Å². The predicted octanol–water partition coefficient (Wildman–Crippen LogP) is 16.8. The van der Waals surface area contributed by atoms with Gasteiger partial charge in [-0.25, -0.2) is 0 Å². The lowest BCUT2D eigenvalue weighted by Crippen LogP contribution is -2.12. The molecule has 10 aromatic carbocycles. The van der Waals surface area contributed by atoms with Crippen molar-refractivity contribution in [2.24, 2.45) is 0 Å². The Bertz CT molecular complexity index is 3150. The highest BCUT2D eigenvalue weighted by molar-refractivity contribution is 6.15. The van der Waals surface area contributed by atoms with E-state index in [2.05, 4.69) is 175 Å². The first kappa shape index (κ1) is 43.3. The third-order valence-electron chi connectivity index (χ3n) is 13.2. The Morgan fingerprint density at radius 3 is 0.985 bits per heavy atom. The Morgan fingerprint density at radius 2 is 0.642 bits per heavy atom. The number of rotatable bonds is 10. The average Bonchev–Trinajstić information content (AvgIpc) is 3.32. The van der Waals surface area contributed by atoms with Crippen LogP contribution >= 0.6 is 0 Å². The van der Waals surface area contributed by atoms with Gasteiger partial charge >= 0.3 is 0 Å². The van der Waals surface area contributed by atoms with Crippen LogP contribution in [-0.2, 0) is 10.8 Å². The van der Waals surface area contributed by atoms with Crippen LogP contribution in [-0.4, -0.2) is 23.4 Å². The highest BCUT2D eigenvalue weighted by Crippen LogP contribution is 2.50. The average molecular weight is 877 g/mol. The smallest absolute Gasteiger partial charge is 0.131 e. The molecule has 10 rings (SSSR count). The van der Waals surface area contributed by atoms with Gasteiger partial charge in [0.25, 0.3) is 0 Å². The quantitative estimate of drug-likeness (QED) is 0.106. The maximum atomic E-state index is 12.4. The molecule has 4 heteroatoms. The molecule has 0 amide bonds. The Labute approximate surface area is 393 Å². The fourth-order valence-corrected chi connectivity index (χ4v) is 9.59. The standard InChI is InChI=1S/C63H56O4/c1-62(2,3)44-36-52(60(64)54(38-44)58-46-24-11-7-20-40(46)34-41-21-8-12-25-47(41)58)50-28-15-17-30-56(50)66-32-19-33-67-57-31-18-16-29-51(57)53-37-45(63(4,5)6)39-55(61(53)65)59-48-26-13-9-22-42(48)35-43-23-10-14-27-49(43)59/h7-18,20-31,34-39,64-65H,19,32-33H2,1-6H3. The third kappa shape index (κ3) is 8.23. The van der Waals surface area contributed by atoms with Crippen molar-refractivity contribution in [2.45, 2.75) is 58.8 Å². The fraction of sp³-hybridized carbons (Fsp3) is 0.175. The molecule has 0 aliphatic rings. The first-order valence-corrected chi connectivity index (χ1v) is 23.4.